The molecule has 0 spiro atoms. The molecule has 1 aromatic carbocycles. The molecule has 0 N–H and O–H groups in total. The highest BCUT2D eigenvalue weighted by molar-refractivity contribution is 5.59. The van der Waals surface area contributed by atoms with Crippen molar-refractivity contribution in [2.75, 3.05) is 19.8 Å². The average Bonchev–Trinajstić information content (AvgIpc) is 2.82. The first-order valence-electron chi connectivity index (χ1n) is 15.1. The summed E-state index contributed by atoms with van der Waals surface area (Å²) in [7, 11) is 0. The molecule has 2 rings (SSSR count). The van der Waals surface area contributed by atoms with Crippen molar-refractivity contribution >= 4 is 0 Å². The van der Waals surface area contributed by atoms with E-state index in [1.807, 2.05) is 6.92 Å². The largest absolute Gasteiger partial charge is 0.491 e. The van der Waals surface area contributed by atoms with Gasteiger partial charge in [-0.2, -0.15) is 0 Å². The van der Waals surface area contributed by atoms with Crippen LogP contribution in [0.3, 0.4) is 0 Å². The van der Waals surface area contributed by atoms with Crippen molar-refractivity contribution < 1.29 is 14.2 Å². The lowest BCUT2D eigenvalue weighted by atomic mass is 9.83. The second-order valence-electron chi connectivity index (χ2n) is 12.5. The van der Waals surface area contributed by atoms with E-state index in [1.165, 1.54) is 73.6 Å². The predicted octanol–water partition coefficient (Wildman–Crippen LogP) is 9.55. The van der Waals surface area contributed by atoms with Crippen molar-refractivity contribution in [2.45, 2.75) is 139 Å². The smallest absolute Gasteiger partial charge is 0.127 e. The molecule has 1 heterocycles. The molecule has 0 aliphatic carbocycles. The van der Waals surface area contributed by atoms with E-state index in [0.29, 0.717) is 13.2 Å². The van der Waals surface area contributed by atoms with Crippen molar-refractivity contribution in [3.8, 4) is 11.5 Å². The molecule has 3 atom stereocenters. The Labute approximate surface area is 224 Å². The van der Waals surface area contributed by atoms with Gasteiger partial charge in [0.05, 0.1) is 6.61 Å². The van der Waals surface area contributed by atoms with Crippen molar-refractivity contribution in [3.05, 3.63) is 22.3 Å². The quantitative estimate of drug-likeness (QED) is 0.198. The SMILES string of the molecule is CCOCCOc1c(C)c(C)c2c(c1C)CC[C@@](C)(CCC[C@H](C)CCC[C@H](C)CCCC(C)C)O2. The summed E-state index contributed by atoms with van der Waals surface area (Å²) < 4.78 is 18.4. The standard InChI is InChI=1S/C33H58O3/c1-10-34-22-23-35-31-27(6)28(7)32-30(29(31)8)19-21-33(9,36-32)20-13-18-26(5)17-12-16-25(4)15-11-14-24(2)3/h24-26H,10-23H2,1-9H3/t25-,26-,33-/m1/s1. The van der Waals surface area contributed by atoms with E-state index in [-0.39, 0.29) is 5.60 Å². The number of hydrogen-bond acceptors (Lipinski definition) is 3. The Bertz CT molecular complexity index is 784. The lowest BCUT2D eigenvalue weighted by molar-refractivity contribution is 0.0510. The summed E-state index contributed by atoms with van der Waals surface area (Å²) in [5, 5.41) is 0. The van der Waals surface area contributed by atoms with E-state index in [2.05, 4.69) is 55.4 Å². The van der Waals surface area contributed by atoms with Gasteiger partial charge in [0.15, 0.2) is 0 Å². The van der Waals surface area contributed by atoms with E-state index in [9.17, 15) is 0 Å². The van der Waals surface area contributed by atoms with Gasteiger partial charge in [0, 0.05) is 12.2 Å². The first kappa shape index (κ1) is 31.0. The summed E-state index contributed by atoms with van der Waals surface area (Å²) in [4.78, 5) is 0. The molecule has 3 heteroatoms. The zero-order chi connectivity index (χ0) is 26.7. The van der Waals surface area contributed by atoms with Gasteiger partial charge in [-0.3, -0.25) is 0 Å². The third-order valence-electron chi connectivity index (χ3n) is 8.52. The highest BCUT2D eigenvalue weighted by Gasteiger charge is 2.34. The first-order chi connectivity index (χ1) is 17.1. The van der Waals surface area contributed by atoms with Gasteiger partial charge in [-0.15, -0.1) is 0 Å². The summed E-state index contributed by atoms with van der Waals surface area (Å²) >= 11 is 0. The normalized spacial score (nSPS) is 19.2. The van der Waals surface area contributed by atoms with Crippen molar-refractivity contribution in [1.29, 1.82) is 0 Å². The highest BCUT2D eigenvalue weighted by atomic mass is 16.5. The molecular formula is C33H58O3. The molecule has 0 bridgehead atoms. The van der Waals surface area contributed by atoms with Crippen molar-refractivity contribution in [1.82, 2.24) is 0 Å². The minimum Gasteiger partial charge on any atom is -0.491 e. The fraction of sp³-hybridized carbons (Fsp3) is 0.818. The van der Waals surface area contributed by atoms with Crippen molar-refractivity contribution in [2.24, 2.45) is 17.8 Å². The molecule has 36 heavy (non-hydrogen) atoms. The lowest BCUT2D eigenvalue weighted by Crippen LogP contribution is -2.37. The van der Waals surface area contributed by atoms with E-state index in [1.54, 1.807) is 0 Å². The summed E-state index contributed by atoms with van der Waals surface area (Å²) in [6.45, 7) is 22.4. The van der Waals surface area contributed by atoms with Crippen LogP contribution in [0.5, 0.6) is 11.5 Å². The van der Waals surface area contributed by atoms with Gasteiger partial charge in [-0.1, -0.05) is 72.6 Å². The van der Waals surface area contributed by atoms with Gasteiger partial charge in [-0.05, 0) is 94.7 Å². The Morgan fingerprint density at radius 1 is 0.806 bits per heavy atom. The number of benzene rings is 1. The predicted molar refractivity (Wildman–Crippen MR) is 155 cm³/mol. The maximum Gasteiger partial charge on any atom is 0.127 e. The summed E-state index contributed by atoms with van der Waals surface area (Å²) in [5.74, 6) is 4.70. The minimum absolute atomic E-state index is 0.0569. The second kappa shape index (κ2) is 15.3. The van der Waals surface area contributed by atoms with Gasteiger partial charge in [-0.25, -0.2) is 0 Å². The molecule has 0 amide bonds. The molecule has 1 aromatic rings. The number of hydrogen-bond donors (Lipinski definition) is 0. The van der Waals surface area contributed by atoms with Crippen LogP contribution >= 0.6 is 0 Å². The van der Waals surface area contributed by atoms with E-state index < -0.39 is 0 Å². The summed E-state index contributed by atoms with van der Waals surface area (Å²) in [6, 6.07) is 0. The monoisotopic (exact) mass is 502 g/mol. The molecule has 0 aromatic heterocycles. The number of ether oxygens (including phenoxy) is 3. The fourth-order valence-corrected chi connectivity index (χ4v) is 5.82. The van der Waals surface area contributed by atoms with Gasteiger partial charge in [0.1, 0.15) is 23.7 Å². The maximum absolute atomic E-state index is 6.78. The Morgan fingerprint density at radius 2 is 1.42 bits per heavy atom. The van der Waals surface area contributed by atoms with Gasteiger partial charge < -0.3 is 14.2 Å². The Morgan fingerprint density at radius 3 is 2.03 bits per heavy atom. The molecule has 208 valence electrons. The zero-order valence-electron chi connectivity index (χ0n) is 25.4. The van der Waals surface area contributed by atoms with Crippen LogP contribution in [-0.2, 0) is 11.2 Å². The number of fused-ring (bicyclic) bond motifs is 1. The van der Waals surface area contributed by atoms with E-state index in [4.69, 9.17) is 14.2 Å². The molecule has 3 nitrogen and oxygen atoms in total. The van der Waals surface area contributed by atoms with Crippen LogP contribution in [0.25, 0.3) is 0 Å². The molecule has 0 fully saturated rings. The number of rotatable bonds is 17. The van der Waals surface area contributed by atoms with Gasteiger partial charge in [0.25, 0.3) is 0 Å². The Balaban J connectivity index is 1.81. The minimum atomic E-state index is -0.0569. The van der Waals surface area contributed by atoms with Crippen LogP contribution < -0.4 is 9.47 Å². The fourth-order valence-electron chi connectivity index (χ4n) is 5.82. The molecule has 0 saturated heterocycles. The van der Waals surface area contributed by atoms with Crippen molar-refractivity contribution in [3.63, 3.8) is 0 Å². The van der Waals surface area contributed by atoms with Gasteiger partial charge >= 0.3 is 0 Å². The third-order valence-corrected chi connectivity index (χ3v) is 8.52. The third kappa shape index (κ3) is 9.58. The topological polar surface area (TPSA) is 27.7 Å². The zero-order valence-corrected chi connectivity index (χ0v) is 25.4. The van der Waals surface area contributed by atoms with E-state index in [0.717, 1.165) is 55.1 Å². The van der Waals surface area contributed by atoms with Crippen LogP contribution in [0.1, 0.15) is 128 Å². The molecule has 0 saturated carbocycles. The van der Waals surface area contributed by atoms with Crippen LogP contribution in [-0.4, -0.2) is 25.4 Å². The van der Waals surface area contributed by atoms with Crippen LogP contribution in [0.2, 0.25) is 0 Å². The summed E-state index contributed by atoms with van der Waals surface area (Å²) in [6.07, 6.45) is 14.2. The molecule has 1 aliphatic rings. The molecule has 1 aliphatic heterocycles. The van der Waals surface area contributed by atoms with E-state index >= 15 is 0 Å². The second-order valence-corrected chi connectivity index (χ2v) is 12.5. The first-order valence-corrected chi connectivity index (χ1v) is 15.1. The Kier molecular flexibility index (Phi) is 13.1. The van der Waals surface area contributed by atoms with Gasteiger partial charge in [0.2, 0.25) is 0 Å². The Hall–Kier alpha value is -1.22. The van der Waals surface area contributed by atoms with Crippen LogP contribution in [0.15, 0.2) is 0 Å². The summed E-state index contributed by atoms with van der Waals surface area (Å²) in [5.41, 5.74) is 4.98. The molecular weight excluding hydrogens is 444 g/mol. The average molecular weight is 503 g/mol. The van der Waals surface area contributed by atoms with Crippen LogP contribution in [0, 0.1) is 38.5 Å². The van der Waals surface area contributed by atoms with Crippen LogP contribution in [0.4, 0.5) is 0 Å². The lowest BCUT2D eigenvalue weighted by Gasteiger charge is -2.38. The molecule has 0 unspecified atom stereocenters. The maximum atomic E-state index is 6.78. The highest BCUT2D eigenvalue weighted by Crippen LogP contribution is 2.45. The molecule has 0 radical (unpaired) electrons.